The quantitative estimate of drug-likeness (QED) is 0.100. The van der Waals surface area contributed by atoms with Gasteiger partial charge in [0.25, 0.3) is 5.91 Å². The number of nitrogens with zero attached hydrogens (tertiary/aromatic N) is 6. The Morgan fingerprint density at radius 1 is 1.02 bits per heavy atom. The number of hydrazine groups is 1. The fourth-order valence-electron chi connectivity index (χ4n) is 6.97. The van der Waals surface area contributed by atoms with Crippen LogP contribution in [0.1, 0.15) is 69.4 Å². The highest BCUT2D eigenvalue weighted by Crippen LogP contribution is 2.26. The van der Waals surface area contributed by atoms with Gasteiger partial charge in [-0.15, -0.1) is 11.3 Å². The van der Waals surface area contributed by atoms with Gasteiger partial charge in [-0.25, -0.2) is 19.6 Å². The maximum Gasteiger partial charge on any atom is 0.407 e. The predicted molar refractivity (Wildman–Crippen MR) is 222 cm³/mol. The Bertz CT molecular complexity index is 2030. The van der Waals surface area contributed by atoms with Crippen LogP contribution in [0.25, 0.3) is 10.7 Å². The second-order valence-corrected chi connectivity index (χ2v) is 17.0. The number of alkyl carbamates (subject to hydrolysis) is 1. The third-order valence-corrected chi connectivity index (χ3v) is 11.2. The van der Waals surface area contributed by atoms with Gasteiger partial charge in [-0.1, -0.05) is 82.6 Å². The fourth-order valence-corrected chi connectivity index (χ4v) is 7.74. The Balaban J connectivity index is 1.41. The number of aliphatic hydroxyl groups is 1. The number of benzene rings is 1. The monoisotopic (exact) mass is 831 g/mol. The van der Waals surface area contributed by atoms with Gasteiger partial charge >= 0.3 is 12.1 Å². The zero-order valence-corrected chi connectivity index (χ0v) is 35.9. The summed E-state index contributed by atoms with van der Waals surface area (Å²) >= 11 is 1.35. The third kappa shape index (κ3) is 12.1. The molecule has 0 aliphatic carbocycles. The van der Waals surface area contributed by atoms with E-state index in [-0.39, 0.29) is 37.4 Å². The lowest BCUT2D eigenvalue weighted by molar-refractivity contribution is -0.132. The molecule has 1 fully saturated rings. The lowest BCUT2D eigenvalue weighted by atomic mass is 9.86. The second kappa shape index (κ2) is 20.0. The molecule has 1 aliphatic rings. The average Bonchev–Trinajstić information content (AvgIpc) is 3.93. The maximum atomic E-state index is 14.5. The van der Waals surface area contributed by atoms with Crippen molar-refractivity contribution in [3.8, 4) is 10.7 Å². The van der Waals surface area contributed by atoms with E-state index >= 15 is 0 Å². The number of aryl methyl sites for hydroxylation is 2. The van der Waals surface area contributed by atoms with E-state index in [1.54, 1.807) is 22.8 Å². The molecule has 5 rings (SSSR count). The van der Waals surface area contributed by atoms with Crippen LogP contribution in [0.2, 0.25) is 0 Å². The van der Waals surface area contributed by atoms with E-state index in [9.17, 15) is 24.3 Å². The van der Waals surface area contributed by atoms with Crippen molar-refractivity contribution < 1.29 is 33.5 Å². The average molecular weight is 832 g/mol. The number of methoxy groups -OCH3 is 1. The molecule has 1 unspecified atom stereocenters. The number of ether oxygens (including phenoxy) is 1. The summed E-state index contributed by atoms with van der Waals surface area (Å²) in [5.41, 5.74) is 5.81. The van der Waals surface area contributed by atoms with Crippen LogP contribution in [-0.2, 0) is 33.8 Å². The SMILES string of the molecule is CCC(C)[C@@H](C(=O)N[C@@H](Cc1ccccc1)[C@@H](O)CN(Cc1csc(-c2cc(C)on2)n1)NC(=O)[C@@H](NC(=O)OC)C(C)(C)C)N1CCN(Cc2cccc(C)n2)C1=O. The topological polar surface area (TPSA) is 195 Å². The normalized spacial score (nSPS) is 15.7. The van der Waals surface area contributed by atoms with Crippen molar-refractivity contribution in [1.82, 2.24) is 46.0 Å². The van der Waals surface area contributed by atoms with E-state index in [1.807, 2.05) is 95.5 Å². The van der Waals surface area contributed by atoms with Crippen molar-refractivity contribution in [2.45, 2.75) is 98.6 Å². The van der Waals surface area contributed by atoms with Gasteiger partial charge in [-0.05, 0) is 49.3 Å². The molecule has 1 aliphatic heterocycles. The number of carbonyl (C=O) groups excluding carboxylic acids is 4. The van der Waals surface area contributed by atoms with Crippen LogP contribution in [0.4, 0.5) is 9.59 Å². The Labute approximate surface area is 349 Å². The summed E-state index contributed by atoms with van der Waals surface area (Å²) in [6.45, 7) is 14.1. The Morgan fingerprint density at radius 2 is 1.76 bits per heavy atom. The summed E-state index contributed by atoms with van der Waals surface area (Å²) in [6.07, 6.45) is -1.13. The van der Waals surface area contributed by atoms with Gasteiger partial charge < -0.3 is 34.8 Å². The van der Waals surface area contributed by atoms with Crippen LogP contribution in [-0.4, -0.2) is 110 Å². The minimum atomic E-state index is -1.24. The zero-order valence-electron chi connectivity index (χ0n) is 35.1. The molecule has 0 spiro atoms. The van der Waals surface area contributed by atoms with Crippen LogP contribution >= 0.6 is 11.3 Å². The van der Waals surface area contributed by atoms with Crippen molar-refractivity contribution in [3.63, 3.8) is 0 Å². The summed E-state index contributed by atoms with van der Waals surface area (Å²) in [5.74, 6) is -0.504. The Hall–Kier alpha value is -5.39. The largest absolute Gasteiger partial charge is 0.453 e. The van der Waals surface area contributed by atoms with E-state index < -0.39 is 41.6 Å². The molecule has 4 heterocycles. The van der Waals surface area contributed by atoms with Gasteiger partial charge in [-0.3, -0.25) is 20.0 Å². The number of pyridine rings is 1. The van der Waals surface area contributed by atoms with Gasteiger partial charge in [0.2, 0.25) is 5.91 Å². The lowest BCUT2D eigenvalue weighted by Crippen LogP contribution is -2.60. The number of amides is 5. The van der Waals surface area contributed by atoms with Crippen molar-refractivity contribution in [3.05, 3.63) is 88.4 Å². The minimum absolute atomic E-state index is 0.0562. The lowest BCUT2D eigenvalue weighted by Gasteiger charge is -2.36. The van der Waals surface area contributed by atoms with E-state index in [2.05, 4.69) is 26.2 Å². The molecule has 5 atom stereocenters. The highest BCUT2D eigenvalue weighted by molar-refractivity contribution is 7.13. The third-order valence-electron chi connectivity index (χ3n) is 10.3. The molecular formula is C42H57N9O7S. The van der Waals surface area contributed by atoms with E-state index in [0.717, 1.165) is 17.0 Å². The number of rotatable bonds is 18. The molecule has 17 heteroatoms. The van der Waals surface area contributed by atoms with Gasteiger partial charge in [0.1, 0.15) is 28.5 Å². The number of urea groups is 1. The molecule has 16 nitrogen and oxygen atoms in total. The second-order valence-electron chi connectivity index (χ2n) is 16.1. The summed E-state index contributed by atoms with van der Waals surface area (Å²) in [6, 6.07) is 14.0. The van der Waals surface area contributed by atoms with Crippen molar-refractivity contribution >= 4 is 35.3 Å². The van der Waals surface area contributed by atoms with E-state index in [4.69, 9.17) is 14.2 Å². The number of nitrogens with one attached hydrogen (secondary N) is 3. The molecule has 1 aromatic carbocycles. The van der Waals surface area contributed by atoms with Gasteiger partial charge in [-0.2, -0.15) is 0 Å². The number of thiazole rings is 1. The molecule has 59 heavy (non-hydrogen) atoms. The Kier molecular flexibility index (Phi) is 15.2. The van der Waals surface area contributed by atoms with Crippen LogP contribution in [0.3, 0.4) is 0 Å². The van der Waals surface area contributed by atoms with Gasteiger partial charge in [0.15, 0.2) is 0 Å². The summed E-state index contributed by atoms with van der Waals surface area (Å²) < 4.78 is 10.1. The first kappa shape index (κ1) is 44.7. The highest BCUT2D eigenvalue weighted by atomic mass is 32.1. The summed E-state index contributed by atoms with van der Waals surface area (Å²) in [5, 5.41) is 25.9. The van der Waals surface area contributed by atoms with E-state index in [1.165, 1.54) is 23.5 Å². The molecule has 0 saturated carbocycles. The standard InChI is InChI=1S/C42H57N9O7S/c1-9-26(2)35(51-19-18-49(41(51)56)22-30-17-13-14-27(3)43-30)37(53)45-32(21-29-15-11-10-12-16-29)34(52)24-50(47-38(54)36(42(5,6)7)46-40(55)57-8)23-31-25-59-39(44-31)33-20-28(4)58-48-33/h10-17,20,25-26,32,34-36,52H,9,18-19,21-24H2,1-8H3,(H,45,53)(H,46,55)(H,47,54)/t26?,32-,34-,35-,36+/m0/s1. The zero-order chi connectivity index (χ0) is 42.9. The van der Waals surface area contributed by atoms with Crippen molar-refractivity contribution in [2.24, 2.45) is 11.3 Å². The minimum Gasteiger partial charge on any atom is -0.453 e. The molecule has 0 radical (unpaired) electrons. The number of aromatic nitrogens is 3. The molecule has 3 aromatic heterocycles. The first-order valence-electron chi connectivity index (χ1n) is 19.8. The molecule has 318 valence electrons. The molecule has 4 aromatic rings. The fraction of sp³-hybridized carbons (Fsp3) is 0.500. The molecule has 1 saturated heterocycles. The van der Waals surface area contributed by atoms with Crippen LogP contribution < -0.4 is 16.1 Å². The van der Waals surface area contributed by atoms with Crippen LogP contribution in [0.5, 0.6) is 0 Å². The van der Waals surface area contributed by atoms with Crippen molar-refractivity contribution in [1.29, 1.82) is 0 Å². The van der Waals surface area contributed by atoms with Crippen molar-refractivity contribution in [2.75, 3.05) is 26.7 Å². The van der Waals surface area contributed by atoms with Gasteiger partial charge in [0.05, 0.1) is 43.7 Å². The maximum absolute atomic E-state index is 14.5. The predicted octanol–water partition coefficient (Wildman–Crippen LogP) is 4.85. The number of carbonyl (C=O) groups is 4. The number of aliphatic hydroxyl groups excluding tert-OH is 1. The Morgan fingerprint density at radius 3 is 2.41 bits per heavy atom. The van der Waals surface area contributed by atoms with Gasteiger partial charge in [0, 0.05) is 36.8 Å². The van der Waals surface area contributed by atoms with E-state index in [0.29, 0.717) is 48.2 Å². The highest BCUT2D eigenvalue weighted by Gasteiger charge is 2.41. The summed E-state index contributed by atoms with van der Waals surface area (Å²) in [7, 11) is 1.22. The first-order valence-corrected chi connectivity index (χ1v) is 20.7. The molecule has 5 amide bonds. The molecule has 0 bridgehead atoms. The molecular weight excluding hydrogens is 775 g/mol. The smallest absolute Gasteiger partial charge is 0.407 e. The number of hydrogen-bond acceptors (Lipinski definition) is 12. The summed E-state index contributed by atoms with van der Waals surface area (Å²) in [4.78, 5) is 67.3. The first-order chi connectivity index (χ1) is 28.1. The number of hydrogen-bond donors (Lipinski definition) is 4. The van der Waals surface area contributed by atoms with Crippen LogP contribution in [0.15, 0.2) is 64.5 Å². The van der Waals surface area contributed by atoms with Crippen LogP contribution in [0, 0.1) is 25.2 Å². The molecule has 4 N–H and O–H groups in total.